The average Bonchev–Trinajstić information content (AvgIpc) is 3.40. The number of ether oxygens (including phenoxy) is 2. The molecule has 0 aliphatic carbocycles. The lowest BCUT2D eigenvalue weighted by molar-refractivity contribution is -0.135. The van der Waals surface area contributed by atoms with Gasteiger partial charge in [0.15, 0.2) is 0 Å². The van der Waals surface area contributed by atoms with Gasteiger partial charge in [-0.05, 0) is 37.1 Å². The smallest absolute Gasteiger partial charge is 0.233 e. The lowest BCUT2D eigenvalue weighted by Gasteiger charge is -2.23. The number of para-hydroxylation sites is 1. The van der Waals surface area contributed by atoms with Gasteiger partial charge in [-0.2, -0.15) is 0 Å². The molecular formula is C22H23N3O4S. The molecule has 0 spiro atoms. The second-order valence-electron chi connectivity index (χ2n) is 7.06. The Bertz CT molecular complexity index is 1050. The van der Waals surface area contributed by atoms with Gasteiger partial charge < -0.3 is 19.7 Å². The molecule has 8 heteroatoms. The van der Waals surface area contributed by atoms with Gasteiger partial charge in [0.05, 0.1) is 36.2 Å². The fraction of sp³-hybridized carbons (Fsp3) is 0.318. The second-order valence-corrected chi connectivity index (χ2v) is 8.12. The molecule has 0 bridgehead atoms. The normalized spacial score (nSPS) is 15.9. The van der Waals surface area contributed by atoms with Crippen LogP contribution in [-0.4, -0.2) is 42.5 Å². The quantitative estimate of drug-likeness (QED) is 0.604. The number of fused-ring (bicyclic) bond motifs is 1. The summed E-state index contributed by atoms with van der Waals surface area (Å²) in [5.74, 6) is 0.510. The molecule has 0 unspecified atom stereocenters. The summed E-state index contributed by atoms with van der Waals surface area (Å²) in [5.41, 5.74) is 1.42. The molecule has 2 heterocycles. The van der Waals surface area contributed by atoms with E-state index in [1.165, 1.54) is 7.11 Å². The summed E-state index contributed by atoms with van der Waals surface area (Å²) in [6.45, 7) is 0.634. The van der Waals surface area contributed by atoms with Crippen LogP contribution in [0.4, 0.5) is 5.69 Å². The average molecular weight is 426 g/mol. The summed E-state index contributed by atoms with van der Waals surface area (Å²) in [5, 5.41) is 3.69. The molecule has 4 rings (SSSR count). The van der Waals surface area contributed by atoms with E-state index in [2.05, 4.69) is 5.32 Å². The van der Waals surface area contributed by atoms with E-state index in [0.29, 0.717) is 23.7 Å². The number of rotatable bonds is 6. The van der Waals surface area contributed by atoms with Crippen LogP contribution in [0.25, 0.3) is 10.2 Å². The zero-order valence-electron chi connectivity index (χ0n) is 16.9. The summed E-state index contributed by atoms with van der Waals surface area (Å²) >= 11 is 1.61. The van der Waals surface area contributed by atoms with E-state index < -0.39 is 0 Å². The first-order valence-corrected chi connectivity index (χ1v) is 10.6. The largest absolute Gasteiger partial charge is 0.497 e. The van der Waals surface area contributed by atoms with E-state index in [1.54, 1.807) is 41.5 Å². The first-order chi connectivity index (χ1) is 14.6. The van der Waals surface area contributed by atoms with Crippen LogP contribution in [0.15, 0.2) is 42.5 Å². The summed E-state index contributed by atoms with van der Waals surface area (Å²) in [7, 11) is 3.07. The zero-order chi connectivity index (χ0) is 21.1. The highest BCUT2D eigenvalue weighted by Gasteiger charge is 2.33. The number of aromatic nitrogens is 1. The lowest BCUT2D eigenvalue weighted by Crippen LogP contribution is -2.33. The van der Waals surface area contributed by atoms with Crippen LogP contribution in [0.2, 0.25) is 0 Å². The van der Waals surface area contributed by atoms with E-state index in [0.717, 1.165) is 28.1 Å². The molecule has 0 radical (unpaired) electrons. The van der Waals surface area contributed by atoms with Crippen molar-refractivity contribution < 1.29 is 19.1 Å². The lowest BCUT2D eigenvalue weighted by atomic mass is 10.2. The van der Waals surface area contributed by atoms with E-state index >= 15 is 0 Å². The third kappa shape index (κ3) is 4.09. The molecule has 1 atom stereocenters. The monoisotopic (exact) mass is 425 g/mol. The third-order valence-electron chi connectivity index (χ3n) is 5.16. The molecule has 1 fully saturated rings. The van der Waals surface area contributed by atoms with Gasteiger partial charge in [-0.15, -0.1) is 11.3 Å². The second kappa shape index (κ2) is 8.71. The number of methoxy groups -OCH3 is 2. The molecule has 2 aromatic carbocycles. The molecule has 1 aromatic heterocycles. The number of amides is 2. The van der Waals surface area contributed by atoms with Gasteiger partial charge in [0, 0.05) is 12.6 Å². The Morgan fingerprint density at radius 3 is 2.80 bits per heavy atom. The summed E-state index contributed by atoms with van der Waals surface area (Å²) in [6, 6.07) is 13.0. The minimum Gasteiger partial charge on any atom is -0.497 e. The Morgan fingerprint density at radius 2 is 2.03 bits per heavy atom. The number of benzene rings is 2. The number of carbonyl (C=O) groups excluding carboxylic acids is 2. The minimum absolute atomic E-state index is 0.0749. The fourth-order valence-electron chi connectivity index (χ4n) is 3.70. The highest BCUT2D eigenvalue weighted by atomic mass is 32.1. The Morgan fingerprint density at radius 1 is 1.20 bits per heavy atom. The minimum atomic E-state index is -0.387. The molecule has 1 aliphatic heterocycles. The molecule has 7 nitrogen and oxygen atoms in total. The Balaban J connectivity index is 1.45. The molecule has 2 amide bonds. The van der Waals surface area contributed by atoms with Crippen LogP contribution in [-0.2, 0) is 9.59 Å². The van der Waals surface area contributed by atoms with Crippen LogP contribution in [0.3, 0.4) is 0 Å². The predicted octanol–water partition coefficient (Wildman–Crippen LogP) is 4.01. The first kappa shape index (κ1) is 20.2. The molecule has 0 saturated carbocycles. The van der Waals surface area contributed by atoms with Crippen molar-refractivity contribution in [3.05, 3.63) is 47.5 Å². The standard InChI is InChI=1S/C22H23N3O4S/c1-28-14-9-10-18(29-2)16(12-14)23-20(26)13-21(27)25-11-5-7-17(25)22-24-15-6-3-4-8-19(15)30-22/h3-4,6,8-10,12,17H,5,7,11,13H2,1-2H3,(H,23,26)/t17-/m1/s1. The molecule has 156 valence electrons. The first-order valence-electron chi connectivity index (χ1n) is 9.76. The topological polar surface area (TPSA) is 80.8 Å². The zero-order valence-corrected chi connectivity index (χ0v) is 17.7. The molecule has 3 aromatic rings. The predicted molar refractivity (Wildman–Crippen MR) is 116 cm³/mol. The number of nitrogens with zero attached hydrogens (tertiary/aromatic N) is 2. The molecule has 1 N–H and O–H groups in total. The summed E-state index contributed by atoms with van der Waals surface area (Å²) in [6.07, 6.45) is 1.52. The third-order valence-corrected chi connectivity index (χ3v) is 6.30. The van der Waals surface area contributed by atoms with E-state index in [-0.39, 0.29) is 24.3 Å². The van der Waals surface area contributed by atoms with E-state index in [4.69, 9.17) is 14.5 Å². The van der Waals surface area contributed by atoms with Crippen molar-refractivity contribution in [2.24, 2.45) is 0 Å². The van der Waals surface area contributed by atoms with E-state index in [9.17, 15) is 9.59 Å². The van der Waals surface area contributed by atoms with Gasteiger partial charge in [0.25, 0.3) is 0 Å². The number of hydrogen-bond donors (Lipinski definition) is 1. The van der Waals surface area contributed by atoms with Crippen molar-refractivity contribution in [3.63, 3.8) is 0 Å². The molecule has 1 saturated heterocycles. The highest BCUT2D eigenvalue weighted by Crippen LogP contribution is 2.37. The Kier molecular flexibility index (Phi) is 5.85. The maximum absolute atomic E-state index is 12.9. The SMILES string of the molecule is COc1ccc(OC)c(NC(=O)CC(=O)N2CCC[C@@H]2c2nc3ccccc3s2)c1. The van der Waals surface area contributed by atoms with Gasteiger partial charge in [-0.1, -0.05) is 12.1 Å². The maximum Gasteiger partial charge on any atom is 0.233 e. The van der Waals surface area contributed by atoms with Gasteiger partial charge in [0.2, 0.25) is 11.8 Å². The van der Waals surface area contributed by atoms with Crippen LogP contribution in [0.5, 0.6) is 11.5 Å². The number of nitrogens with one attached hydrogen (secondary N) is 1. The summed E-state index contributed by atoms with van der Waals surface area (Å²) in [4.78, 5) is 32.0. The van der Waals surface area contributed by atoms with Crippen molar-refractivity contribution in [3.8, 4) is 11.5 Å². The van der Waals surface area contributed by atoms with Gasteiger partial charge in [-0.25, -0.2) is 4.98 Å². The number of likely N-dealkylation sites (tertiary alicyclic amines) is 1. The van der Waals surface area contributed by atoms with Crippen molar-refractivity contribution >= 4 is 39.1 Å². The maximum atomic E-state index is 12.9. The summed E-state index contributed by atoms with van der Waals surface area (Å²) < 4.78 is 11.6. The van der Waals surface area contributed by atoms with Crippen molar-refractivity contribution in [2.45, 2.75) is 25.3 Å². The molecule has 30 heavy (non-hydrogen) atoms. The van der Waals surface area contributed by atoms with E-state index in [1.807, 2.05) is 24.3 Å². The number of hydrogen-bond acceptors (Lipinski definition) is 6. The van der Waals surface area contributed by atoms with Crippen LogP contribution in [0, 0.1) is 0 Å². The van der Waals surface area contributed by atoms with Crippen LogP contribution in [0.1, 0.15) is 30.3 Å². The number of carbonyl (C=O) groups is 2. The van der Waals surface area contributed by atoms with Gasteiger partial charge in [0.1, 0.15) is 22.9 Å². The molecule has 1 aliphatic rings. The van der Waals surface area contributed by atoms with Crippen LogP contribution >= 0.6 is 11.3 Å². The van der Waals surface area contributed by atoms with Crippen molar-refractivity contribution in [2.75, 3.05) is 26.1 Å². The number of thiazole rings is 1. The van der Waals surface area contributed by atoms with Gasteiger partial charge in [-0.3, -0.25) is 9.59 Å². The van der Waals surface area contributed by atoms with Gasteiger partial charge >= 0.3 is 0 Å². The van der Waals surface area contributed by atoms with Crippen LogP contribution < -0.4 is 14.8 Å². The number of anilines is 1. The Hall–Kier alpha value is -3.13. The van der Waals surface area contributed by atoms with Crippen molar-refractivity contribution in [1.29, 1.82) is 0 Å². The Labute approximate surface area is 178 Å². The van der Waals surface area contributed by atoms with Crippen molar-refractivity contribution in [1.82, 2.24) is 9.88 Å². The highest BCUT2D eigenvalue weighted by molar-refractivity contribution is 7.18. The fourth-order valence-corrected chi connectivity index (χ4v) is 4.81. The molecular weight excluding hydrogens is 402 g/mol.